The molecule has 6 nitrogen and oxygen atoms in total. The fraction of sp³-hybridized carbons (Fsp3) is 0.571. The number of cyclic esters (lactones) is 1. The third-order valence-corrected chi connectivity index (χ3v) is 1.78. The highest BCUT2D eigenvalue weighted by atomic mass is 16.6. The summed E-state index contributed by atoms with van der Waals surface area (Å²) in [5.41, 5.74) is 0. The van der Waals surface area contributed by atoms with E-state index in [0.29, 0.717) is 0 Å². The van der Waals surface area contributed by atoms with Gasteiger partial charge in [-0.3, -0.25) is 4.79 Å². The van der Waals surface area contributed by atoms with Crippen LogP contribution in [0, 0.1) is 5.92 Å². The normalized spacial score (nSPS) is 26.9. The Morgan fingerprint density at radius 2 is 2.08 bits per heavy atom. The molecule has 2 atom stereocenters. The molecular weight excluding hydrogens is 180 g/mol. The molecule has 13 heavy (non-hydrogen) atoms. The Labute approximate surface area is 73.1 Å². The highest BCUT2D eigenvalue weighted by Gasteiger charge is 2.35. The van der Waals surface area contributed by atoms with E-state index < -0.39 is 36.4 Å². The van der Waals surface area contributed by atoms with Gasteiger partial charge in [0.25, 0.3) is 0 Å². The van der Waals surface area contributed by atoms with Crippen molar-refractivity contribution >= 4 is 17.9 Å². The molecule has 0 N–H and O–H groups in total. The molecule has 1 aliphatic heterocycles. The standard InChI is InChI=1S/C7H8O6/c8-4(9)1-3-2-5(10)13-6(3)7(11)12/h3,6H,1-2H2,(H,8,9)(H,11,12)/p-2/t3-,6+/m1/s1. The Morgan fingerprint density at radius 3 is 2.54 bits per heavy atom. The first-order chi connectivity index (χ1) is 6.00. The van der Waals surface area contributed by atoms with E-state index >= 15 is 0 Å². The second-order valence-corrected chi connectivity index (χ2v) is 2.77. The van der Waals surface area contributed by atoms with Crippen molar-refractivity contribution < 1.29 is 29.3 Å². The highest BCUT2D eigenvalue weighted by Crippen LogP contribution is 2.24. The van der Waals surface area contributed by atoms with Crippen LogP contribution in [0.4, 0.5) is 0 Å². The first kappa shape index (κ1) is 9.50. The summed E-state index contributed by atoms with van der Waals surface area (Å²) in [6.45, 7) is 0. The molecule has 1 fully saturated rings. The quantitative estimate of drug-likeness (QED) is 0.430. The van der Waals surface area contributed by atoms with Crippen LogP contribution in [0.25, 0.3) is 0 Å². The lowest BCUT2D eigenvalue weighted by Gasteiger charge is -2.17. The molecule has 1 saturated heterocycles. The molecule has 1 heterocycles. The number of carbonyl (C=O) groups is 3. The van der Waals surface area contributed by atoms with Crippen molar-refractivity contribution in [3.05, 3.63) is 0 Å². The van der Waals surface area contributed by atoms with Crippen LogP contribution in [-0.4, -0.2) is 24.0 Å². The number of hydrogen-bond donors (Lipinski definition) is 0. The summed E-state index contributed by atoms with van der Waals surface area (Å²) in [6.07, 6.45) is -2.18. The van der Waals surface area contributed by atoms with Crippen molar-refractivity contribution in [2.24, 2.45) is 5.92 Å². The topological polar surface area (TPSA) is 107 Å². The minimum atomic E-state index is -1.57. The smallest absolute Gasteiger partial charge is 0.306 e. The van der Waals surface area contributed by atoms with E-state index in [9.17, 15) is 24.6 Å². The van der Waals surface area contributed by atoms with Crippen LogP contribution in [0.15, 0.2) is 0 Å². The van der Waals surface area contributed by atoms with Crippen molar-refractivity contribution in [1.29, 1.82) is 0 Å². The Hall–Kier alpha value is -1.59. The molecule has 0 aromatic rings. The monoisotopic (exact) mass is 186 g/mol. The molecule has 0 aromatic heterocycles. The molecule has 0 aliphatic carbocycles. The number of rotatable bonds is 3. The van der Waals surface area contributed by atoms with Gasteiger partial charge in [-0.15, -0.1) is 0 Å². The average Bonchev–Trinajstić information content (AvgIpc) is 2.29. The molecule has 0 radical (unpaired) electrons. The third-order valence-electron chi connectivity index (χ3n) is 1.78. The highest BCUT2D eigenvalue weighted by molar-refractivity contribution is 5.82. The van der Waals surface area contributed by atoms with Gasteiger partial charge in [0.05, 0.1) is 12.4 Å². The lowest BCUT2D eigenvalue weighted by Crippen LogP contribution is -2.41. The van der Waals surface area contributed by atoms with Gasteiger partial charge in [0.1, 0.15) is 6.10 Å². The lowest BCUT2D eigenvalue weighted by atomic mass is 9.98. The fourth-order valence-electron chi connectivity index (χ4n) is 1.24. The zero-order valence-electron chi connectivity index (χ0n) is 6.52. The SMILES string of the molecule is O=C([O-])C[C@@H]1CC(=O)O[C@@H]1C(=O)[O-]. The van der Waals surface area contributed by atoms with E-state index in [4.69, 9.17) is 0 Å². The largest absolute Gasteiger partial charge is 0.550 e. The molecule has 1 rings (SSSR count). The summed E-state index contributed by atoms with van der Waals surface area (Å²) in [6, 6.07) is 0. The van der Waals surface area contributed by atoms with Crippen molar-refractivity contribution in [2.45, 2.75) is 18.9 Å². The number of esters is 1. The van der Waals surface area contributed by atoms with E-state index in [0.717, 1.165) is 0 Å². The van der Waals surface area contributed by atoms with Gasteiger partial charge < -0.3 is 24.5 Å². The maximum Gasteiger partial charge on any atom is 0.306 e. The van der Waals surface area contributed by atoms with Gasteiger partial charge in [0.15, 0.2) is 0 Å². The van der Waals surface area contributed by atoms with Gasteiger partial charge in [-0.1, -0.05) is 0 Å². The van der Waals surface area contributed by atoms with Crippen LogP contribution in [0.1, 0.15) is 12.8 Å². The number of ether oxygens (including phenoxy) is 1. The first-order valence-corrected chi connectivity index (χ1v) is 3.61. The van der Waals surface area contributed by atoms with Crippen molar-refractivity contribution in [2.75, 3.05) is 0 Å². The molecule has 0 unspecified atom stereocenters. The summed E-state index contributed by atoms with van der Waals surface area (Å²) in [7, 11) is 0. The number of aliphatic carboxylic acids is 2. The van der Waals surface area contributed by atoms with Crippen molar-refractivity contribution in [3.8, 4) is 0 Å². The number of carbonyl (C=O) groups excluding carboxylic acids is 3. The average molecular weight is 186 g/mol. The first-order valence-electron chi connectivity index (χ1n) is 3.61. The van der Waals surface area contributed by atoms with Gasteiger partial charge in [-0.05, 0) is 6.42 Å². The van der Waals surface area contributed by atoms with E-state index in [1.54, 1.807) is 0 Å². The van der Waals surface area contributed by atoms with E-state index in [1.165, 1.54) is 0 Å². The molecule has 72 valence electrons. The second kappa shape index (κ2) is 3.42. The van der Waals surface area contributed by atoms with Gasteiger partial charge in [-0.25, -0.2) is 0 Å². The zero-order chi connectivity index (χ0) is 10.0. The Balaban J connectivity index is 2.66. The Morgan fingerprint density at radius 1 is 1.46 bits per heavy atom. The maximum absolute atomic E-state index is 10.6. The van der Waals surface area contributed by atoms with Crippen LogP contribution < -0.4 is 10.2 Å². The predicted molar refractivity (Wildman–Crippen MR) is 32.6 cm³/mol. The molecule has 0 amide bonds. The minimum absolute atomic E-state index is 0.216. The van der Waals surface area contributed by atoms with Gasteiger partial charge in [0.2, 0.25) is 0 Å². The second-order valence-electron chi connectivity index (χ2n) is 2.77. The van der Waals surface area contributed by atoms with E-state index in [2.05, 4.69) is 4.74 Å². The number of carboxylic acid groups (broad SMARTS) is 2. The van der Waals surface area contributed by atoms with Crippen LogP contribution in [0.3, 0.4) is 0 Å². The third kappa shape index (κ3) is 2.17. The van der Waals surface area contributed by atoms with Crippen LogP contribution in [-0.2, 0) is 19.1 Å². The molecule has 0 aromatic carbocycles. The molecule has 1 aliphatic rings. The summed E-state index contributed by atoms with van der Waals surface area (Å²) in [4.78, 5) is 31.1. The number of carboxylic acids is 2. The van der Waals surface area contributed by atoms with E-state index in [-0.39, 0.29) is 6.42 Å². The Bertz CT molecular complexity index is 258. The molecular formula is C7H6O6-2. The number of hydrogen-bond acceptors (Lipinski definition) is 6. The van der Waals surface area contributed by atoms with Gasteiger partial charge >= 0.3 is 5.97 Å². The van der Waals surface area contributed by atoms with E-state index in [1.807, 2.05) is 0 Å². The van der Waals surface area contributed by atoms with Crippen LogP contribution in [0.5, 0.6) is 0 Å². The summed E-state index contributed by atoms with van der Waals surface area (Å²) >= 11 is 0. The minimum Gasteiger partial charge on any atom is -0.550 e. The molecule has 6 heteroatoms. The summed E-state index contributed by atoms with van der Waals surface area (Å²) in [5.74, 6) is -4.57. The Kier molecular flexibility index (Phi) is 2.50. The van der Waals surface area contributed by atoms with Gasteiger partial charge in [0, 0.05) is 11.9 Å². The summed E-state index contributed by atoms with van der Waals surface area (Å²) in [5, 5.41) is 20.5. The molecule has 0 spiro atoms. The predicted octanol–water partition coefficient (Wildman–Crippen LogP) is -3.19. The summed E-state index contributed by atoms with van der Waals surface area (Å²) < 4.78 is 4.34. The lowest BCUT2D eigenvalue weighted by molar-refractivity contribution is -0.317. The fourth-order valence-corrected chi connectivity index (χ4v) is 1.24. The molecule has 0 saturated carbocycles. The zero-order valence-corrected chi connectivity index (χ0v) is 6.52. The molecule has 0 bridgehead atoms. The van der Waals surface area contributed by atoms with Gasteiger partial charge in [-0.2, -0.15) is 0 Å². The maximum atomic E-state index is 10.6. The van der Waals surface area contributed by atoms with Crippen molar-refractivity contribution in [3.63, 3.8) is 0 Å². The van der Waals surface area contributed by atoms with Crippen LogP contribution in [0.2, 0.25) is 0 Å². The van der Waals surface area contributed by atoms with Crippen molar-refractivity contribution in [1.82, 2.24) is 0 Å². The van der Waals surface area contributed by atoms with Crippen LogP contribution >= 0.6 is 0 Å².